The molecule has 3 aromatic rings. The fourth-order valence-electron chi connectivity index (χ4n) is 3.87. The molecule has 1 saturated heterocycles. The van der Waals surface area contributed by atoms with Crippen LogP contribution in [0.2, 0.25) is 0 Å². The van der Waals surface area contributed by atoms with Crippen LogP contribution in [0.4, 0.5) is 5.69 Å². The third kappa shape index (κ3) is 5.45. The van der Waals surface area contributed by atoms with Gasteiger partial charge in [-0.05, 0) is 54.3 Å². The summed E-state index contributed by atoms with van der Waals surface area (Å²) >= 11 is 0. The quantitative estimate of drug-likeness (QED) is 0.578. The number of nitrogens with one attached hydrogen (secondary N) is 1. The molecule has 0 aliphatic carbocycles. The topological polar surface area (TPSA) is 83.3 Å². The summed E-state index contributed by atoms with van der Waals surface area (Å²) < 4.78 is 1.74. The van der Waals surface area contributed by atoms with E-state index in [0.29, 0.717) is 5.92 Å². The molecule has 2 aromatic heterocycles. The first-order valence-corrected chi connectivity index (χ1v) is 10.4. The number of hydrogen-bond acceptors (Lipinski definition) is 5. The van der Waals surface area contributed by atoms with Gasteiger partial charge in [0.25, 0.3) is 0 Å². The largest absolute Gasteiger partial charge is 0.396 e. The van der Waals surface area contributed by atoms with Crippen LogP contribution < -0.4 is 5.32 Å². The summed E-state index contributed by atoms with van der Waals surface area (Å²) in [6.07, 6.45) is 11.5. The number of benzene rings is 1. The van der Waals surface area contributed by atoms with Crippen molar-refractivity contribution in [2.45, 2.75) is 13.0 Å². The molecule has 1 atom stereocenters. The number of aliphatic hydroxyl groups excluding tert-OH is 1. The van der Waals surface area contributed by atoms with Crippen LogP contribution in [0.3, 0.4) is 0 Å². The molecule has 1 unspecified atom stereocenters. The Bertz CT molecular complexity index is 1060. The van der Waals surface area contributed by atoms with E-state index in [9.17, 15) is 9.90 Å². The van der Waals surface area contributed by atoms with E-state index in [2.05, 4.69) is 20.3 Å². The van der Waals surface area contributed by atoms with Gasteiger partial charge in [0.2, 0.25) is 5.91 Å². The van der Waals surface area contributed by atoms with Crippen LogP contribution in [0, 0.1) is 5.92 Å². The first-order valence-electron chi connectivity index (χ1n) is 10.4. The number of nitrogens with zero attached hydrogens (tertiary/aromatic N) is 4. The minimum absolute atomic E-state index is 0.195. The van der Waals surface area contributed by atoms with E-state index in [4.69, 9.17) is 0 Å². The van der Waals surface area contributed by atoms with Crippen LogP contribution in [0.25, 0.3) is 17.2 Å². The third-order valence-electron chi connectivity index (χ3n) is 5.54. The fraction of sp³-hybridized carbons (Fsp3) is 0.292. The summed E-state index contributed by atoms with van der Waals surface area (Å²) in [5.74, 6) is 0.197. The van der Waals surface area contributed by atoms with E-state index in [1.807, 2.05) is 43.6 Å². The lowest BCUT2D eigenvalue weighted by atomic mass is 10.0. The molecule has 0 radical (unpaired) electrons. The molecule has 3 heterocycles. The Morgan fingerprint density at radius 1 is 1.26 bits per heavy atom. The minimum Gasteiger partial charge on any atom is -0.396 e. The number of anilines is 1. The van der Waals surface area contributed by atoms with Gasteiger partial charge in [0.1, 0.15) is 0 Å². The summed E-state index contributed by atoms with van der Waals surface area (Å²) in [5, 5.41) is 16.4. The predicted molar refractivity (Wildman–Crippen MR) is 121 cm³/mol. The van der Waals surface area contributed by atoms with Crippen LogP contribution >= 0.6 is 0 Å². The SMILES string of the molecule is Cn1cc(-c2ccncc2C=CC(=O)Nc2ccc(CN3CCC(CO)C3)cc2)cn1. The lowest BCUT2D eigenvalue weighted by molar-refractivity contribution is -0.111. The molecule has 1 fully saturated rings. The molecule has 160 valence electrons. The Kier molecular flexibility index (Phi) is 6.54. The molecule has 2 N–H and O–H groups in total. The Morgan fingerprint density at radius 2 is 2.10 bits per heavy atom. The summed E-state index contributed by atoms with van der Waals surface area (Å²) in [7, 11) is 1.87. The average molecular weight is 418 g/mol. The second-order valence-corrected chi connectivity index (χ2v) is 7.96. The molecule has 1 aromatic carbocycles. The van der Waals surface area contributed by atoms with Crippen molar-refractivity contribution in [2.24, 2.45) is 13.0 Å². The number of pyridine rings is 1. The lowest BCUT2D eigenvalue weighted by Crippen LogP contribution is -2.20. The number of amides is 1. The molecule has 31 heavy (non-hydrogen) atoms. The highest BCUT2D eigenvalue weighted by Crippen LogP contribution is 2.23. The minimum atomic E-state index is -0.195. The smallest absolute Gasteiger partial charge is 0.248 e. The monoisotopic (exact) mass is 417 g/mol. The van der Waals surface area contributed by atoms with E-state index in [1.54, 1.807) is 29.3 Å². The predicted octanol–water partition coefficient (Wildman–Crippen LogP) is 2.95. The molecule has 7 nitrogen and oxygen atoms in total. The summed E-state index contributed by atoms with van der Waals surface area (Å²) in [4.78, 5) is 18.9. The highest BCUT2D eigenvalue weighted by atomic mass is 16.3. The van der Waals surface area contributed by atoms with E-state index < -0.39 is 0 Å². The van der Waals surface area contributed by atoms with Crippen molar-refractivity contribution in [3.05, 3.63) is 72.3 Å². The van der Waals surface area contributed by atoms with Gasteiger partial charge in [0.05, 0.1) is 6.20 Å². The summed E-state index contributed by atoms with van der Waals surface area (Å²) in [5.41, 5.74) is 4.76. The summed E-state index contributed by atoms with van der Waals surface area (Å²) in [6.45, 7) is 3.08. The van der Waals surface area contributed by atoms with Crippen molar-refractivity contribution in [1.29, 1.82) is 0 Å². The average Bonchev–Trinajstić information content (AvgIpc) is 3.42. The maximum absolute atomic E-state index is 12.4. The Balaban J connectivity index is 1.36. The first-order chi connectivity index (χ1) is 15.1. The van der Waals surface area contributed by atoms with E-state index in [0.717, 1.165) is 48.4 Å². The number of carbonyl (C=O) groups excluding carboxylic acids is 1. The van der Waals surface area contributed by atoms with Gasteiger partial charge in [-0.2, -0.15) is 5.10 Å². The lowest BCUT2D eigenvalue weighted by Gasteiger charge is -2.15. The standard InChI is InChI=1S/C24H27N5O2/c1-28-16-21(13-26-28)23-8-10-25-12-20(23)4-7-24(31)27-22-5-2-18(3-6-22)14-29-11-9-19(15-29)17-30/h2-8,10,12-13,16,19,30H,9,11,14-15,17H2,1H3,(H,27,31). The Morgan fingerprint density at radius 3 is 2.81 bits per heavy atom. The van der Waals surface area contributed by atoms with Crippen molar-refractivity contribution >= 4 is 17.7 Å². The second kappa shape index (κ2) is 9.68. The molecule has 1 amide bonds. The molecule has 1 aliphatic rings. The van der Waals surface area contributed by atoms with Crippen molar-refractivity contribution in [3.63, 3.8) is 0 Å². The molecule has 4 rings (SSSR count). The van der Waals surface area contributed by atoms with Crippen LogP contribution in [0.15, 0.2) is 61.2 Å². The van der Waals surface area contributed by atoms with Gasteiger partial charge >= 0.3 is 0 Å². The number of aryl methyl sites for hydroxylation is 1. The second-order valence-electron chi connectivity index (χ2n) is 7.96. The van der Waals surface area contributed by atoms with Gasteiger partial charge in [-0.15, -0.1) is 0 Å². The van der Waals surface area contributed by atoms with Crippen LogP contribution in [0.5, 0.6) is 0 Å². The van der Waals surface area contributed by atoms with E-state index >= 15 is 0 Å². The number of hydrogen-bond donors (Lipinski definition) is 2. The maximum atomic E-state index is 12.4. The zero-order valence-electron chi connectivity index (χ0n) is 17.6. The Hall–Kier alpha value is -3.29. The van der Waals surface area contributed by atoms with Crippen molar-refractivity contribution in [2.75, 3.05) is 25.0 Å². The van der Waals surface area contributed by atoms with Gasteiger partial charge in [-0.3, -0.25) is 19.4 Å². The molecule has 0 spiro atoms. The third-order valence-corrected chi connectivity index (χ3v) is 5.54. The normalized spacial score (nSPS) is 16.8. The molecule has 7 heteroatoms. The number of carbonyl (C=O) groups is 1. The van der Waals surface area contributed by atoms with Gasteiger partial charge in [-0.25, -0.2) is 0 Å². The highest BCUT2D eigenvalue weighted by molar-refractivity contribution is 6.02. The van der Waals surface area contributed by atoms with Crippen molar-refractivity contribution < 1.29 is 9.90 Å². The zero-order valence-corrected chi connectivity index (χ0v) is 17.6. The van der Waals surface area contributed by atoms with Crippen LogP contribution in [0.1, 0.15) is 17.5 Å². The molecule has 1 aliphatic heterocycles. The molecular formula is C24H27N5O2. The molecule has 0 bridgehead atoms. The summed E-state index contributed by atoms with van der Waals surface area (Å²) in [6, 6.07) is 9.83. The van der Waals surface area contributed by atoms with E-state index in [-0.39, 0.29) is 12.5 Å². The van der Waals surface area contributed by atoms with Crippen LogP contribution in [-0.2, 0) is 18.4 Å². The maximum Gasteiger partial charge on any atom is 0.248 e. The van der Waals surface area contributed by atoms with Crippen LogP contribution in [-0.4, -0.2) is 50.4 Å². The molecular weight excluding hydrogens is 390 g/mol. The highest BCUT2D eigenvalue weighted by Gasteiger charge is 2.21. The van der Waals surface area contributed by atoms with Gasteiger partial charge in [0, 0.05) is 68.2 Å². The van der Waals surface area contributed by atoms with E-state index in [1.165, 1.54) is 11.6 Å². The fourth-order valence-corrected chi connectivity index (χ4v) is 3.87. The first kappa shape index (κ1) is 21.0. The van der Waals surface area contributed by atoms with Gasteiger partial charge in [0.15, 0.2) is 0 Å². The zero-order chi connectivity index (χ0) is 21.6. The van der Waals surface area contributed by atoms with Gasteiger partial charge in [-0.1, -0.05) is 12.1 Å². The molecule has 0 saturated carbocycles. The van der Waals surface area contributed by atoms with Gasteiger partial charge < -0.3 is 10.4 Å². The number of likely N-dealkylation sites (tertiary alicyclic amines) is 1. The number of aromatic nitrogens is 3. The Labute approximate surface area is 182 Å². The number of rotatable bonds is 7. The number of aliphatic hydroxyl groups is 1. The van der Waals surface area contributed by atoms with Crippen molar-refractivity contribution in [3.8, 4) is 11.1 Å². The van der Waals surface area contributed by atoms with Crippen molar-refractivity contribution in [1.82, 2.24) is 19.7 Å².